The topological polar surface area (TPSA) is 244 Å². The molecule has 8 rings (SSSR count). The van der Waals surface area contributed by atoms with Crippen molar-refractivity contribution in [3.63, 3.8) is 0 Å². The van der Waals surface area contributed by atoms with Crippen LogP contribution in [0.25, 0.3) is 10.9 Å². The molecule has 9 atom stereocenters. The van der Waals surface area contributed by atoms with Gasteiger partial charge in [-0.3, -0.25) is 38.1 Å². The SMILES string of the molecule is CNC(C)C(=O)NC(C(=O)N1Cc2cc(NC(=O)c3cccc4c3ccn4C(=O)NC3CC(C(=O)NC4CCCc5ccccc54)N(C(=O)C(NC(=O)C(C)NC)C(C)(C)C)C3)ccc2CC1C(=O)NC(C)c1ccccc1F)C(C)(C)C. The quantitative estimate of drug-likeness (QED) is 0.0559. The van der Waals surface area contributed by atoms with Crippen LogP contribution in [0.15, 0.2) is 97.2 Å². The summed E-state index contributed by atoms with van der Waals surface area (Å²) in [5, 5.41) is 24.3. The first-order valence-electron chi connectivity index (χ1n) is 28.6. The van der Waals surface area contributed by atoms with Gasteiger partial charge >= 0.3 is 6.03 Å². The number of carbonyl (C=O) groups excluding carboxylic acids is 8. The van der Waals surface area contributed by atoms with Crippen LogP contribution in [0.2, 0.25) is 0 Å². The molecule has 1 aromatic heterocycles. The third-order valence-electron chi connectivity index (χ3n) is 16.5. The number of likely N-dealkylation sites (tertiary alicyclic amines) is 1. The second-order valence-electron chi connectivity index (χ2n) is 24.5. The van der Waals surface area contributed by atoms with Crippen LogP contribution in [0.3, 0.4) is 0 Å². The fourth-order valence-corrected chi connectivity index (χ4v) is 11.4. The Bertz CT molecular complexity index is 3290. The first kappa shape index (κ1) is 61.1. The van der Waals surface area contributed by atoms with Crippen LogP contribution >= 0.6 is 0 Å². The highest BCUT2D eigenvalue weighted by Gasteiger charge is 2.47. The summed E-state index contributed by atoms with van der Waals surface area (Å²) < 4.78 is 16.3. The number of fused-ring (bicyclic) bond motifs is 3. The molecule has 0 spiro atoms. The van der Waals surface area contributed by atoms with Crippen molar-refractivity contribution in [1.29, 1.82) is 0 Å². The van der Waals surface area contributed by atoms with Gasteiger partial charge in [-0.2, -0.15) is 0 Å². The van der Waals surface area contributed by atoms with E-state index in [0.717, 1.165) is 36.0 Å². The minimum atomic E-state index is -1.05. The summed E-state index contributed by atoms with van der Waals surface area (Å²) in [6, 6.07) is 18.5. The summed E-state index contributed by atoms with van der Waals surface area (Å²) in [7, 11) is 3.29. The lowest BCUT2D eigenvalue weighted by molar-refractivity contribution is -0.147. The minimum Gasteiger partial charge on any atom is -0.348 e. The van der Waals surface area contributed by atoms with Crippen molar-refractivity contribution in [3.8, 4) is 0 Å². The van der Waals surface area contributed by atoms with E-state index in [0.29, 0.717) is 22.2 Å². The Morgan fingerprint density at radius 3 is 1.94 bits per heavy atom. The molecule has 20 heteroatoms. The highest BCUT2D eigenvalue weighted by Crippen LogP contribution is 2.34. The molecule has 1 fully saturated rings. The number of nitrogens with zero attached hydrogens (tertiary/aromatic N) is 3. The van der Waals surface area contributed by atoms with E-state index in [9.17, 15) is 42.7 Å². The lowest BCUT2D eigenvalue weighted by atomic mass is 9.84. The van der Waals surface area contributed by atoms with Crippen molar-refractivity contribution in [3.05, 3.63) is 136 Å². The van der Waals surface area contributed by atoms with Gasteiger partial charge in [0.05, 0.1) is 35.7 Å². The van der Waals surface area contributed by atoms with E-state index >= 15 is 0 Å². The fraction of sp³-hybridized carbons (Fsp3) is 0.460. The fourth-order valence-electron chi connectivity index (χ4n) is 11.4. The molecule has 3 aliphatic rings. The first-order valence-corrected chi connectivity index (χ1v) is 28.6. The van der Waals surface area contributed by atoms with Gasteiger partial charge in [-0.25, -0.2) is 9.18 Å². The number of carbonyl (C=O) groups is 8. The molecule has 0 saturated carbocycles. The van der Waals surface area contributed by atoms with Crippen LogP contribution < -0.4 is 42.5 Å². The second-order valence-corrected chi connectivity index (χ2v) is 24.5. The van der Waals surface area contributed by atoms with Gasteiger partial charge < -0.3 is 52.3 Å². The molecule has 9 unspecified atom stereocenters. The normalized spacial score (nSPS) is 19.7. The maximum Gasteiger partial charge on any atom is 0.326 e. The smallest absolute Gasteiger partial charge is 0.326 e. The van der Waals surface area contributed by atoms with E-state index in [-0.39, 0.29) is 54.9 Å². The molecule has 8 amide bonds. The van der Waals surface area contributed by atoms with E-state index < -0.39 is 101 Å². The van der Waals surface area contributed by atoms with E-state index in [2.05, 4.69) is 48.6 Å². The largest absolute Gasteiger partial charge is 0.348 e. The average molecular weight is 1140 g/mol. The van der Waals surface area contributed by atoms with Crippen molar-refractivity contribution in [2.45, 2.75) is 155 Å². The number of hydrogen-bond acceptors (Lipinski definition) is 10. The zero-order valence-corrected chi connectivity index (χ0v) is 49.4. The highest BCUT2D eigenvalue weighted by atomic mass is 19.1. The van der Waals surface area contributed by atoms with Crippen molar-refractivity contribution >= 4 is 64.0 Å². The number of rotatable bonds is 16. The number of likely N-dealkylation sites (N-methyl/N-ethyl adjacent to an activating group) is 2. The number of benzene rings is 4. The molecule has 8 N–H and O–H groups in total. The summed E-state index contributed by atoms with van der Waals surface area (Å²) in [5.41, 5.74) is 3.39. The molecular weight excluding hydrogens is 1060 g/mol. The summed E-state index contributed by atoms with van der Waals surface area (Å²) >= 11 is 0. The number of anilines is 1. The first-order chi connectivity index (χ1) is 39.3. The zero-order valence-electron chi connectivity index (χ0n) is 49.4. The van der Waals surface area contributed by atoms with Crippen molar-refractivity contribution < 1.29 is 42.7 Å². The van der Waals surface area contributed by atoms with E-state index in [1.165, 1.54) is 20.4 Å². The van der Waals surface area contributed by atoms with Gasteiger partial charge in [0.15, 0.2) is 0 Å². The van der Waals surface area contributed by atoms with Crippen LogP contribution in [-0.2, 0) is 48.2 Å². The maximum atomic E-state index is 14.9. The van der Waals surface area contributed by atoms with Gasteiger partial charge in [-0.1, -0.05) is 96.1 Å². The Morgan fingerprint density at radius 1 is 0.651 bits per heavy atom. The van der Waals surface area contributed by atoms with Crippen LogP contribution in [0.4, 0.5) is 14.9 Å². The lowest BCUT2D eigenvalue weighted by Crippen LogP contribution is -2.62. The maximum absolute atomic E-state index is 14.9. The number of amides is 8. The van der Waals surface area contributed by atoms with Crippen LogP contribution in [0.5, 0.6) is 0 Å². The summed E-state index contributed by atoms with van der Waals surface area (Å²) in [6.45, 7) is 16.0. The summed E-state index contributed by atoms with van der Waals surface area (Å²) in [6.07, 6.45) is 4.23. The predicted molar refractivity (Wildman–Crippen MR) is 315 cm³/mol. The Hall–Kier alpha value is -7.97. The van der Waals surface area contributed by atoms with Gasteiger partial charge in [0.2, 0.25) is 35.4 Å². The van der Waals surface area contributed by atoms with E-state index in [4.69, 9.17) is 0 Å². The number of halogens is 1. The molecule has 4 aromatic carbocycles. The Balaban J connectivity index is 1.02. The number of aryl methyl sites for hydroxylation is 1. The van der Waals surface area contributed by atoms with Crippen molar-refractivity contribution in [1.82, 2.24) is 51.6 Å². The van der Waals surface area contributed by atoms with Crippen molar-refractivity contribution in [2.75, 3.05) is 26.0 Å². The monoisotopic (exact) mass is 1140 g/mol. The Kier molecular flexibility index (Phi) is 18.6. The highest BCUT2D eigenvalue weighted by molar-refractivity contribution is 6.13. The Morgan fingerprint density at radius 2 is 1.29 bits per heavy atom. The number of aromatic nitrogens is 1. The standard InChI is InChI=1S/C63H80FN11O8/c1-35(43-20-14-15-23-47(43)64)67-57(79)50-31-39-26-27-41(30-40(39)33-74(50)59(81)52(62(4,5)6)71-54(76)36(2)65-10)68-56(78)46-22-17-25-49-45(46)28-29-73(49)61(83)69-42-32-51(58(80)70-48-24-16-19-38-18-12-13-21-44(38)48)75(34-42)60(82)53(63(7,8)9)72-55(77)37(3)66-11/h12-15,17-18,20-23,25-30,35-37,42,48,50-53,65-66H,16,19,24,31-34H2,1-11H3,(H,67,79)(H,68,78)(H,69,83)(H,70,80)(H,71,76)(H,72,77). The van der Waals surface area contributed by atoms with Gasteiger partial charge in [0.1, 0.15) is 30.0 Å². The predicted octanol–water partition coefficient (Wildman–Crippen LogP) is 6.16. The summed E-state index contributed by atoms with van der Waals surface area (Å²) in [4.78, 5) is 117. The molecule has 19 nitrogen and oxygen atoms in total. The molecule has 0 bridgehead atoms. The molecule has 5 aromatic rings. The molecule has 1 aliphatic carbocycles. The van der Waals surface area contributed by atoms with Crippen LogP contribution in [0, 0.1) is 16.6 Å². The van der Waals surface area contributed by atoms with E-state index in [1.54, 1.807) is 102 Å². The number of hydrogen-bond donors (Lipinski definition) is 8. The van der Waals surface area contributed by atoms with E-state index in [1.807, 2.05) is 59.7 Å². The molecule has 3 heterocycles. The van der Waals surface area contributed by atoms with Gasteiger partial charge in [0.25, 0.3) is 5.91 Å². The van der Waals surface area contributed by atoms with Crippen LogP contribution in [0.1, 0.15) is 132 Å². The molecular formula is C63H80FN11O8. The third kappa shape index (κ3) is 13.6. The number of nitrogens with one attached hydrogen (secondary N) is 8. The molecule has 1 saturated heterocycles. The summed E-state index contributed by atoms with van der Waals surface area (Å²) in [5.74, 6) is -3.56. The Labute approximate surface area is 485 Å². The molecule has 442 valence electrons. The van der Waals surface area contributed by atoms with Crippen molar-refractivity contribution in [2.24, 2.45) is 10.8 Å². The molecule has 2 aliphatic heterocycles. The van der Waals surface area contributed by atoms with Gasteiger partial charge in [-0.05, 0) is 130 Å². The average Bonchev–Trinajstić information content (AvgIpc) is 3.92. The lowest BCUT2D eigenvalue weighted by Gasteiger charge is -2.41. The van der Waals surface area contributed by atoms with Gasteiger partial charge in [-0.15, -0.1) is 0 Å². The second kappa shape index (κ2) is 25.3. The molecule has 0 radical (unpaired) electrons. The zero-order chi connectivity index (χ0) is 60.2. The minimum absolute atomic E-state index is 0.0142. The molecule has 83 heavy (non-hydrogen) atoms. The van der Waals surface area contributed by atoms with Gasteiger partial charge in [0, 0.05) is 47.9 Å². The third-order valence-corrected chi connectivity index (χ3v) is 16.5. The van der Waals surface area contributed by atoms with Crippen LogP contribution in [-0.4, -0.2) is 125 Å².